The molecule has 0 aromatic carbocycles. The molecule has 1 aliphatic carbocycles. The van der Waals surface area contributed by atoms with Crippen molar-refractivity contribution in [1.29, 1.82) is 0 Å². The van der Waals surface area contributed by atoms with Crippen LogP contribution in [0.4, 0.5) is 10.6 Å². The van der Waals surface area contributed by atoms with Crippen LogP contribution < -0.4 is 15.4 Å². The van der Waals surface area contributed by atoms with E-state index in [0.717, 1.165) is 30.5 Å². The van der Waals surface area contributed by atoms with Crippen molar-refractivity contribution in [3.63, 3.8) is 0 Å². The lowest BCUT2D eigenvalue weighted by Gasteiger charge is -2.36. The molecule has 4 rings (SSSR count). The molecule has 1 fully saturated rings. The van der Waals surface area contributed by atoms with Crippen molar-refractivity contribution < 1.29 is 14.3 Å². The highest BCUT2D eigenvalue weighted by Crippen LogP contribution is 2.40. The number of pyridine rings is 2. The molecule has 3 aromatic rings. The van der Waals surface area contributed by atoms with Gasteiger partial charge in [0.2, 0.25) is 5.91 Å². The summed E-state index contributed by atoms with van der Waals surface area (Å²) in [6.07, 6.45) is 7.89. The summed E-state index contributed by atoms with van der Waals surface area (Å²) in [5.41, 5.74) is 1.78. The van der Waals surface area contributed by atoms with Gasteiger partial charge < -0.3 is 4.74 Å². The Labute approximate surface area is 179 Å². The van der Waals surface area contributed by atoms with Crippen LogP contribution in [-0.2, 0) is 11.8 Å². The number of rotatable bonds is 5. The molecule has 0 saturated heterocycles. The van der Waals surface area contributed by atoms with Crippen LogP contribution in [0.1, 0.15) is 31.9 Å². The van der Waals surface area contributed by atoms with Crippen molar-refractivity contribution in [2.75, 3.05) is 5.32 Å². The van der Waals surface area contributed by atoms with Crippen LogP contribution in [0.15, 0.2) is 42.9 Å². The highest BCUT2D eigenvalue weighted by Gasteiger charge is 2.39. The predicted molar refractivity (Wildman–Crippen MR) is 115 cm³/mol. The van der Waals surface area contributed by atoms with Crippen molar-refractivity contribution in [3.8, 4) is 22.8 Å². The van der Waals surface area contributed by atoms with Gasteiger partial charge in [-0.3, -0.25) is 25.1 Å². The van der Waals surface area contributed by atoms with Crippen LogP contribution in [0.25, 0.3) is 11.3 Å². The van der Waals surface area contributed by atoms with E-state index in [4.69, 9.17) is 4.74 Å². The summed E-state index contributed by atoms with van der Waals surface area (Å²) in [4.78, 5) is 33.0. The molecule has 0 radical (unpaired) electrons. The van der Waals surface area contributed by atoms with Gasteiger partial charge in [0.05, 0.1) is 17.6 Å². The number of imide groups is 1. The molecule has 3 amide bonds. The number of nitrogens with one attached hydrogen (secondary N) is 2. The fraction of sp³-hybridized carbons (Fsp3) is 0.318. The average molecular weight is 420 g/mol. The largest absolute Gasteiger partial charge is 0.455 e. The van der Waals surface area contributed by atoms with Gasteiger partial charge in [0, 0.05) is 36.5 Å². The van der Waals surface area contributed by atoms with E-state index in [1.54, 1.807) is 42.2 Å². The van der Waals surface area contributed by atoms with E-state index in [1.807, 2.05) is 26.2 Å². The maximum absolute atomic E-state index is 12.2. The van der Waals surface area contributed by atoms with Crippen LogP contribution in [0, 0.1) is 12.3 Å². The van der Waals surface area contributed by atoms with E-state index in [2.05, 4.69) is 25.7 Å². The SMILES string of the molecule is Cc1nc(NC(=O)NC(=O)C2(C)CCC2)ccc1Oc1ccnc(-c2cnn(C)c2)c1. The van der Waals surface area contributed by atoms with E-state index < -0.39 is 11.4 Å². The van der Waals surface area contributed by atoms with E-state index in [9.17, 15) is 9.59 Å². The predicted octanol–water partition coefficient (Wildman–Crippen LogP) is 3.82. The molecule has 31 heavy (non-hydrogen) atoms. The lowest BCUT2D eigenvalue weighted by Crippen LogP contribution is -2.47. The Bertz CT molecular complexity index is 1140. The zero-order chi connectivity index (χ0) is 22.0. The first-order valence-corrected chi connectivity index (χ1v) is 10.1. The second-order valence-corrected chi connectivity index (χ2v) is 7.98. The van der Waals surface area contributed by atoms with Gasteiger partial charge in [0.1, 0.15) is 17.3 Å². The van der Waals surface area contributed by atoms with Gasteiger partial charge in [0.25, 0.3) is 0 Å². The summed E-state index contributed by atoms with van der Waals surface area (Å²) in [6.45, 7) is 3.65. The second-order valence-electron chi connectivity index (χ2n) is 7.98. The van der Waals surface area contributed by atoms with Crippen LogP contribution >= 0.6 is 0 Å². The van der Waals surface area contributed by atoms with Crippen molar-refractivity contribution in [1.82, 2.24) is 25.1 Å². The quantitative estimate of drug-likeness (QED) is 0.649. The van der Waals surface area contributed by atoms with E-state index in [0.29, 0.717) is 23.0 Å². The molecule has 3 heterocycles. The minimum absolute atomic E-state index is 0.255. The van der Waals surface area contributed by atoms with Crippen LogP contribution in [0.5, 0.6) is 11.5 Å². The Morgan fingerprint density at radius 2 is 2.03 bits per heavy atom. The van der Waals surface area contributed by atoms with E-state index in [1.165, 1.54) is 0 Å². The van der Waals surface area contributed by atoms with Crippen LogP contribution in [0.2, 0.25) is 0 Å². The molecule has 160 valence electrons. The maximum Gasteiger partial charge on any atom is 0.327 e. The fourth-order valence-corrected chi connectivity index (χ4v) is 3.37. The number of amides is 3. The van der Waals surface area contributed by atoms with Gasteiger partial charge in [-0.2, -0.15) is 5.10 Å². The molecule has 0 unspecified atom stereocenters. The monoisotopic (exact) mass is 420 g/mol. The van der Waals surface area contributed by atoms with Crippen LogP contribution in [0.3, 0.4) is 0 Å². The summed E-state index contributed by atoms with van der Waals surface area (Å²) in [6, 6.07) is 6.33. The number of carbonyl (C=O) groups excluding carboxylic acids is 2. The number of urea groups is 1. The molecule has 2 N–H and O–H groups in total. The Morgan fingerprint density at radius 1 is 1.23 bits per heavy atom. The Hall–Kier alpha value is -3.75. The Balaban J connectivity index is 1.41. The third-order valence-electron chi connectivity index (χ3n) is 5.47. The highest BCUT2D eigenvalue weighted by molar-refractivity contribution is 6.02. The Kier molecular flexibility index (Phi) is 5.41. The third kappa shape index (κ3) is 4.55. The molecule has 9 nitrogen and oxygen atoms in total. The minimum Gasteiger partial charge on any atom is -0.455 e. The molecule has 1 saturated carbocycles. The summed E-state index contributed by atoms with van der Waals surface area (Å²) in [5, 5.41) is 9.15. The lowest BCUT2D eigenvalue weighted by atomic mass is 9.70. The number of nitrogens with zero attached hydrogens (tertiary/aromatic N) is 4. The standard InChI is InChI=1S/C22H24N6O3/c1-14-18(31-16-7-10-23-17(11-16)15-12-24-28(3)13-15)5-6-19(25-14)26-21(30)27-20(29)22(2)8-4-9-22/h5-7,10-13H,4,8-9H2,1-3H3,(H2,25,26,27,29,30). The minimum atomic E-state index is -0.589. The number of hydrogen-bond acceptors (Lipinski definition) is 6. The summed E-state index contributed by atoms with van der Waals surface area (Å²) >= 11 is 0. The number of carbonyl (C=O) groups is 2. The number of aryl methyl sites for hydroxylation is 2. The van der Waals surface area contributed by atoms with Gasteiger partial charge >= 0.3 is 6.03 Å². The lowest BCUT2D eigenvalue weighted by molar-refractivity contribution is -0.133. The first kappa shape index (κ1) is 20.5. The summed E-state index contributed by atoms with van der Waals surface area (Å²) in [5.74, 6) is 1.23. The number of ether oxygens (including phenoxy) is 1. The van der Waals surface area contributed by atoms with Crippen molar-refractivity contribution in [2.45, 2.75) is 33.1 Å². The third-order valence-corrected chi connectivity index (χ3v) is 5.47. The van der Waals surface area contributed by atoms with Gasteiger partial charge in [-0.1, -0.05) is 13.3 Å². The van der Waals surface area contributed by atoms with Gasteiger partial charge in [-0.25, -0.2) is 9.78 Å². The Morgan fingerprint density at radius 3 is 2.68 bits per heavy atom. The highest BCUT2D eigenvalue weighted by atomic mass is 16.5. The van der Waals surface area contributed by atoms with Crippen LogP contribution in [-0.4, -0.2) is 31.7 Å². The molecular weight excluding hydrogens is 396 g/mol. The molecule has 1 aliphatic rings. The molecular formula is C22H24N6O3. The molecule has 0 aliphatic heterocycles. The molecule has 0 bridgehead atoms. The molecule has 3 aromatic heterocycles. The van der Waals surface area contributed by atoms with Gasteiger partial charge in [0.15, 0.2) is 0 Å². The van der Waals surface area contributed by atoms with Gasteiger partial charge in [-0.05, 0) is 38.0 Å². The zero-order valence-electron chi connectivity index (χ0n) is 17.7. The normalized spacial score (nSPS) is 14.4. The topological polar surface area (TPSA) is 111 Å². The smallest absolute Gasteiger partial charge is 0.327 e. The second kappa shape index (κ2) is 8.17. The molecule has 0 atom stereocenters. The van der Waals surface area contributed by atoms with Crippen molar-refractivity contribution >= 4 is 17.8 Å². The summed E-state index contributed by atoms with van der Waals surface area (Å²) in [7, 11) is 1.85. The van der Waals surface area contributed by atoms with E-state index in [-0.39, 0.29) is 5.91 Å². The van der Waals surface area contributed by atoms with Crippen molar-refractivity contribution in [2.24, 2.45) is 12.5 Å². The fourth-order valence-electron chi connectivity index (χ4n) is 3.37. The molecule has 0 spiro atoms. The zero-order valence-corrected chi connectivity index (χ0v) is 17.7. The van der Waals surface area contributed by atoms with Gasteiger partial charge in [-0.15, -0.1) is 0 Å². The number of anilines is 1. The maximum atomic E-state index is 12.2. The average Bonchev–Trinajstić information content (AvgIpc) is 3.14. The summed E-state index contributed by atoms with van der Waals surface area (Å²) < 4.78 is 7.67. The molecule has 9 heteroatoms. The first-order valence-electron chi connectivity index (χ1n) is 10.1. The first-order chi connectivity index (χ1) is 14.8. The number of aromatic nitrogens is 4. The number of hydrogen-bond donors (Lipinski definition) is 2. The van der Waals surface area contributed by atoms with E-state index >= 15 is 0 Å². The van der Waals surface area contributed by atoms with Crippen molar-refractivity contribution in [3.05, 3.63) is 48.5 Å².